The zero-order valence-corrected chi connectivity index (χ0v) is 16.8. The summed E-state index contributed by atoms with van der Waals surface area (Å²) in [6, 6.07) is 4.88. The van der Waals surface area contributed by atoms with Crippen LogP contribution in [0, 0.1) is 5.92 Å². The minimum absolute atomic E-state index is 0. The highest BCUT2D eigenvalue weighted by Crippen LogP contribution is 2.33. The summed E-state index contributed by atoms with van der Waals surface area (Å²) in [5, 5.41) is 11.0. The molecule has 3 rings (SSSR count). The van der Waals surface area contributed by atoms with Crippen LogP contribution in [0.4, 0.5) is 13.2 Å². The van der Waals surface area contributed by atoms with Crippen molar-refractivity contribution in [3.8, 4) is 10.6 Å². The minimum Gasteiger partial charge on any atom is -0.481 e. The molecule has 1 fully saturated rings. The lowest BCUT2D eigenvalue weighted by Gasteiger charge is -2.14. The lowest BCUT2D eigenvalue weighted by Crippen LogP contribution is -2.31. The van der Waals surface area contributed by atoms with Gasteiger partial charge in [0.2, 0.25) is 5.91 Å². The van der Waals surface area contributed by atoms with Crippen LogP contribution in [0.5, 0.6) is 0 Å². The molecule has 1 atom stereocenters. The van der Waals surface area contributed by atoms with E-state index < -0.39 is 23.6 Å². The van der Waals surface area contributed by atoms with Gasteiger partial charge in [-0.15, -0.1) is 36.2 Å². The molecule has 1 unspecified atom stereocenters. The third kappa shape index (κ3) is 5.59. The monoisotopic (exact) mass is 456 g/mol. The largest absolute Gasteiger partial charge is 0.481 e. The maximum absolute atomic E-state index is 12.8. The number of hydrogen-bond donors (Lipinski definition) is 1. The first-order valence-corrected chi connectivity index (χ1v) is 8.74. The number of carboxylic acids is 1. The van der Waals surface area contributed by atoms with Crippen LogP contribution >= 0.6 is 36.2 Å². The number of hydrogen-bond acceptors (Lipinski definition) is 4. The van der Waals surface area contributed by atoms with Crippen molar-refractivity contribution >= 4 is 48.0 Å². The van der Waals surface area contributed by atoms with Crippen molar-refractivity contribution in [1.29, 1.82) is 0 Å². The minimum atomic E-state index is -4.43. The predicted octanol–water partition coefficient (Wildman–Crippen LogP) is 4.15. The normalized spacial score (nSPS) is 16.2. The summed E-state index contributed by atoms with van der Waals surface area (Å²) < 4.78 is 38.4. The van der Waals surface area contributed by atoms with Gasteiger partial charge in [-0.25, -0.2) is 4.98 Å². The molecule has 0 saturated carbocycles. The Morgan fingerprint density at radius 3 is 2.61 bits per heavy atom. The van der Waals surface area contributed by atoms with Crippen LogP contribution in [-0.4, -0.2) is 40.0 Å². The Labute approximate surface area is 175 Å². The Kier molecular flexibility index (Phi) is 8.28. The fraction of sp³-hybridized carbons (Fsp3) is 0.353. The van der Waals surface area contributed by atoms with E-state index in [1.54, 1.807) is 5.38 Å². The molecule has 1 amide bonds. The van der Waals surface area contributed by atoms with Gasteiger partial charge in [0.15, 0.2) is 0 Å². The summed E-state index contributed by atoms with van der Waals surface area (Å²) in [6.07, 6.45) is -4.00. The number of halogens is 5. The average molecular weight is 457 g/mol. The molecule has 1 aliphatic rings. The number of alkyl halides is 3. The fourth-order valence-corrected chi connectivity index (χ4v) is 3.62. The highest BCUT2D eigenvalue weighted by atomic mass is 35.5. The van der Waals surface area contributed by atoms with Gasteiger partial charge in [-0.3, -0.25) is 9.59 Å². The van der Waals surface area contributed by atoms with Crippen LogP contribution < -0.4 is 0 Å². The number of carboxylic acid groups (broad SMARTS) is 1. The van der Waals surface area contributed by atoms with Gasteiger partial charge in [0.05, 0.1) is 23.6 Å². The number of amides is 1. The smallest absolute Gasteiger partial charge is 0.416 e. The van der Waals surface area contributed by atoms with E-state index in [-0.39, 0.29) is 43.7 Å². The molecule has 1 aromatic heterocycles. The molecule has 154 valence electrons. The van der Waals surface area contributed by atoms with Crippen molar-refractivity contribution in [3.63, 3.8) is 0 Å². The number of carbonyl (C=O) groups excluding carboxylic acids is 1. The van der Waals surface area contributed by atoms with E-state index in [1.165, 1.54) is 28.4 Å². The molecule has 1 aromatic carbocycles. The standard InChI is InChI=1S/C17H15F3N2O3S.2ClH/c18-17(19,20)12-3-1-2-10(6-12)15-21-13(9-26-15)7-14(23)22-5-4-11(8-22)16(24)25;;/h1-3,6,9,11H,4-5,7-8H2,(H,24,25);2*1H. The number of aliphatic carboxylic acids is 1. The Morgan fingerprint density at radius 2 is 2.00 bits per heavy atom. The fourth-order valence-electron chi connectivity index (χ4n) is 2.80. The number of thiazole rings is 1. The highest BCUT2D eigenvalue weighted by molar-refractivity contribution is 7.13. The van der Waals surface area contributed by atoms with E-state index in [1.807, 2.05) is 0 Å². The van der Waals surface area contributed by atoms with Gasteiger partial charge in [0.25, 0.3) is 0 Å². The molecule has 28 heavy (non-hydrogen) atoms. The molecule has 0 bridgehead atoms. The van der Waals surface area contributed by atoms with E-state index in [0.29, 0.717) is 29.2 Å². The SMILES string of the molecule is Cl.Cl.O=C(O)C1CCN(C(=O)Cc2csc(-c3cccc(C(F)(F)F)c3)n2)C1. The topological polar surface area (TPSA) is 70.5 Å². The van der Waals surface area contributed by atoms with Gasteiger partial charge in [-0.05, 0) is 18.6 Å². The van der Waals surface area contributed by atoms with Crippen molar-refractivity contribution in [2.24, 2.45) is 5.92 Å². The van der Waals surface area contributed by atoms with Gasteiger partial charge >= 0.3 is 12.1 Å². The van der Waals surface area contributed by atoms with Crippen LogP contribution in [0.3, 0.4) is 0 Å². The second kappa shape index (κ2) is 9.58. The van der Waals surface area contributed by atoms with Crippen LogP contribution in [0.15, 0.2) is 29.6 Å². The molecular weight excluding hydrogens is 440 g/mol. The van der Waals surface area contributed by atoms with Gasteiger partial charge < -0.3 is 10.0 Å². The van der Waals surface area contributed by atoms with Gasteiger partial charge in [0.1, 0.15) is 5.01 Å². The summed E-state index contributed by atoms with van der Waals surface area (Å²) in [5.41, 5.74) is 0.0569. The number of carbonyl (C=O) groups is 2. The van der Waals surface area contributed by atoms with Gasteiger partial charge in [-0.1, -0.05) is 12.1 Å². The molecule has 1 aliphatic heterocycles. The van der Waals surface area contributed by atoms with E-state index in [4.69, 9.17) is 5.11 Å². The maximum Gasteiger partial charge on any atom is 0.416 e. The number of benzene rings is 1. The van der Waals surface area contributed by atoms with E-state index in [0.717, 1.165) is 12.1 Å². The molecular formula is C17H17Cl2F3N2O3S. The number of likely N-dealkylation sites (tertiary alicyclic amines) is 1. The predicted molar refractivity (Wildman–Crippen MR) is 103 cm³/mol. The summed E-state index contributed by atoms with van der Waals surface area (Å²) in [6.45, 7) is 0.569. The first-order valence-electron chi connectivity index (χ1n) is 7.86. The Morgan fingerprint density at radius 1 is 1.29 bits per heavy atom. The Balaban J connectivity index is 0.00000196. The maximum atomic E-state index is 12.8. The van der Waals surface area contributed by atoms with Crippen LogP contribution in [-0.2, 0) is 22.2 Å². The zero-order chi connectivity index (χ0) is 18.9. The summed E-state index contributed by atoms with van der Waals surface area (Å²) in [5.74, 6) is -1.69. The van der Waals surface area contributed by atoms with E-state index in [9.17, 15) is 22.8 Å². The summed E-state index contributed by atoms with van der Waals surface area (Å²) in [7, 11) is 0. The Bertz CT molecular complexity index is 845. The first-order chi connectivity index (χ1) is 12.2. The number of rotatable bonds is 4. The number of nitrogens with zero attached hydrogens (tertiary/aromatic N) is 2. The molecule has 1 saturated heterocycles. The van der Waals surface area contributed by atoms with Crippen LogP contribution in [0.25, 0.3) is 10.6 Å². The van der Waals surface area contributed by atoms with E-state index in [2.05, 4.69) is 4.98 Å². The zero-order valence-electron chi connectivity index (χ0n) is 14.3. The van der Waals surface area contributed by atoms with E-state index >= 15 is 0 Å². The third-order valence-electron chi connectivity index (χ3n) is 4.21. The molecule has 11 heteroatoms. The molecule has 2 aromatic rings. The summed E-state index contributed by atoms with van der Waals surface area (Å²) >= 11 is 1.17. The Hall–Kier alpha value is -1.84. The molecule has 0 radical (unpaired) electrons. The van der Waals surface area contributed by atoms with Crippen LogP contribution in [0.1, 0.15) is 17.7 Å². The quantitative estimate of drug-likeness (QED) is 0.749. The molecule has 2 heterocycles. The first kappa shape index (κ1) is 24.2. The lowest BCUT2D eigenvalue weighted by molar-refractivity contribution is -0.141. The third-order valence-corrected chi connectivity index (χ3v) is 5.15. The lowest BCUT2D eigenvalue weighted by atomic mass is 10.1. The van der Waals surface area contributed by atoms with Crippen molar-refractivity contribution in [3.05, 3.63) is 40.9 Å². The van der Waals surface area contributed by atoms with Crippen molar-refractivity contribution < 1.29 is 27.9 Å². The van der Waals surface area contributed by atoms with Crippen LogP contribution in [0.2, 0.25) is 0 Å². The second-order valence-corrected chi connectivity index (χ2v) is 6.92. The average Bonchev–Trinajstić information content (AvgIpc) is 3.23. The van der Waals surface area contributed by atoms with Crippen molar-refractivity contribution in [2.45, 2.75) is 19.0 Å². The molecule has 5 nitrogen and oxygen atoms in total. The highest BCUT2D eigenvalue weighted by Gasteiger charge is 2.32. The molecule has 1 N–H and O–H groups in total. The van der Waals surface area contributed by atoms with Crippen molar-refractivity contribution in [1.82, 2.24) is 9.88 Å². The molecule has 0 spiro atoms. The molecule has 0 aliphatic carbocycles. The summed E-state index contributed by atoms with van der Waals surface area (Å²) in [4.78, 5) is 29.0. The number of aromatic nitrogens is 1. The van der Waals surface area contributed by atoms with Gasteiger partial charge in [-0.2, -0.15) is 13.2 Å². The van der Waals surface area contributed by atoms with Crippen molar-refractivity contribution in [2.75, 3.05) is 13.1 Å². The van der Waals surface area contributed by atoms with Gasteiger partial charge in [0, 0.05) is 24.0 Å². The second-order valence-electron chi connectivity index (χ2n) is 6.06.